The fourth-order valence-corrected chi connectivity index (χ4v) is 1.62. The third-order valence-electron chi connectivity index (χ3n) is 2.85. The average molecular weight is 231 g/mol. The van der Waals surface area contributed by atoms with Crippen LogP contribution in [0.4, 0.5) is 5.69 Å². The molecule has 0 aliphatic carbocycles. The minimum absolute atomic E-state index is 0.567. The SMILES string of the molecule is CCc1nnc(CNc2cccc(C)c2C)o1. The smallest absolute Gasteiger partial charge is 0.235 e. The fourth-order valence-electron chi connectivity index (χ4n) is 1.62. The Balaban J connectivity index is 2.04. The molecular formula is C13H17N3O. The predicted molar refractivity (Wildman–Crippen MR) is 66.9 cm³/mol. The molecule has 1 aromatic carbocycles. The average Bonchev–Trinajstić information content (AvgIpc) is 2.79. The van der Waals surface area contributed by atoms with Crippen molar-refractivity contribution in [2.24, 2.45) is 0 Å². The van der Waals surface area contributed by atoms with Crippen molar-refractivity contribution in [2.45, 2.75) is 33.7 Å². The van der Waals surface area contributed by atoms with E-state index in [0.29, 0.717) is 18.3 Å². The molecule has 1 aromatic heterocycles. The summed E-state index contributed by atoms with van der Waals surface area (Å²) >= 11 is 0. The van der Waals surface area contributed by atoms with E-state index in [2.05, 4.69) is 41.5 Å². The summed E-state index contributed by atoms with van der Waals surface area (Å²) in [6.07, 6.45) is 0.774. The van der Waals surface area contributed by atoms with Crippen LogP contribution in [-0.2, 0) is 13.0 Å². The topological polar surface area (TPSA) is 51.0 Å². The Morgan fingerprint density at radius 2 is 1.94 bits per heavy atom. The normalized spacial score (nSPS) is 10.5. The van der Waals surface area contributed by atoms with E-state index in [1.165, 1.54) is 11.1 Å². The summed E-state index contributed by atoms with van der Waals surface area (Å²) in [6, 6.07) is 6.19. The van der Waals surface area contributed by atoms with Crippen molar-refractivity contribution in [2.75, 3.05) is 5.32 Å². The minimum atomic E-state index is 0.567. The van der Waals surface area contributed by atoms with Gasteiger partial charge in [-0.25, -0.2) is 0 Å². The summed E-state index contributed by atoms with van der Waals surface area (Å²) in [5.41, 5.74) is 3.64. The third kappa shape index (κ3) is 2.64. The van der Waals surface area contributed by atoms with Crippen molar-refractivity contribution < 1.29 is 4.42 Å². The van der Waals surface area contributed by atoms with Crippen LogP contribution in [0.3, 0.4) is 0 Å². The molecule has 1 heterocycles. The van der Waals surface area contributed by atoms with Crippen LogP contribution in [0.15, 0.2) is 22.6 Å². The van der Waals surface area contributed by atoms with E-state index in [0.717, 1.165) is 12.1 Å². The lowest BCUT2D eigenvalue weighted by Gasteiger charge is -2.09. The van der Waals surface area contributed by atoms with E-state index in [-0.39, 0.29) is 0 Å². The monoisotopic (exact) mass is 231 g/mol. The van der Waals surface area contributed by atoms with Gasteiger partial charge in [-0.1, -0.05) is 19.1 Å². The number of nitrogens with one attached hydrogen (secondary N) is 1. The highest BCUT2D eigenvalue weighted by atomic mass is 16.4. The maximum Gasteiger partial charge on any atom is 0.235 e. The number of benzene rings is 1. The van der Waals surface area contributed by atoms with Crippen LogP contribution >= 0.6 is 0 Å². The molecule has 1 N–H and O–H groups in total. The number of aryl methyl sites for hydroxylation is 2. The highest BCUT2D eigenvalue weighted by Gasteiger charge is 2.05. The standard InChI is InChI=1S/C13H17N3O/c1-4-12-15-16-13(17-12)8-14-11-7-5-6-9(2)10(11)3/h5-7,14H,4,8H2,1-3H3. The maximum atomic E-state index is 5.44. The van der Waals surface area contributed by atoms with Crippen LogP contribution < -0.4 is 5.32 Å². The second-order valence-electron chi connectivity index (χ2n) is 4.04. The Labute approximate surface area is 101 Å². The van der Waals surface area contributed by atoms with Crippen LogP contribution in [0.2, 0.25) is 0 Å². The number of aromatic nitrogens is 2. The van der Waals surface area contributed by atoms with Crippen LogP contribution in [0, 0.1) is 13.8 Å². The molecule has 2 rings (SSSR count). The molecule has 4 nitrogen and oxygen atoms in total. The van der Waals surface area contributed by atoms with Gasteiger partial charge in [-0.2, -0.15) is 0 Å². The van der Waals surface area contributed by atoms with Gasteiger partial charge < -0.3 is 9.73 Å². The van der Waals surface area contributed by atoms with E-state index in [1.54, 1.807) is 0 Å². The Bertz CT molecular complexity index is 505. The highest BCUT2D eigenvalue weighted by Crippen LogP contribution is 2.18. The van der Waals surface area contributed by atoms with Gasteiger partial charge in [0.15, 0.2) is 0 Å². The van der Waals surface area contributed by atoms with Crippen molar-refractivity contribution in [3.8, 4) is 0 Å². The van der Waals surface area contributed by atoms with Gasteiger partial charge in [-0.3, -0.25) is 0 Å². The van der Waals surface area contributed by atoms with Crippen LogP contribution in [0.25, 0.3) is 0 Å². The lowest BCUT2D eigenvalue weighted by atomic mass is 10.1. The first-order valence-electron chi connectivity index (χ1n) is 5.82. The molecule has 2 aromatic rings. The van der Waals surface area contributed by atoms with Crippen molar-refractivity contribution in [3.05, 3.63) is 41.1 Å². The van der Waals surface area contributed by atoms with E-state index in [9.17, 15) is 0 Å². The molecule has 0 saturated heterocycles. The molecular weight excluding hydrogens is 214 g/mol. The highest BCUT2D eigenvalue weighted by molar-refractivity contribution is 5.53. The van der Waals surface area contributed by atoms with Crippen LogP contribution in [-0.4, -0.2) is 10.2 Å². The minimum Gasteiger partial charge on any atom is -0.423 e. The second-order valence-corrected chi connectivity index (χ2v) is 4.04. The largest absolute Gasteiger partial charge is 0.423 e. The third-order valence-corrected chi connectivity index (χ3v) is 2.85. The molecule has 0 spiro atoms. The number of anilines is 1. The van der Waals surface area contributed by atoms with Crippen molar-refractivity contribution in [1.29, 1.82) is 0 Å². The Morgan fingerprint density at radius 1 is 1.18 bits per heavy atom. The van der Waals surface area contributed by atoms with Gasteiger partial charge in [0.05, 0.1) is 6.54 Å². The van der Waals surface area contributed by atoms with Gasteiger partial charge in [0.2, 0.25) is 11.8 Å². The molecule has 0 unspecified atom stereocenters. The number of hydrogen-bond donors (Lipinski definition) is 1. The molecule has 0 amide bonds. The molecule has 0 atom stereocenters. The maximum absolute atomic E-state index is 5.44. The Kier molecular flexibility index (Phi) is 3.42. The molecule has 0 bridgehead atoms. The van der Waals surface area contributed by atoms with Gasteiger partial charge in [-0.15, -0.1) is 10.2 Å². The van der Waals surface area contributed by atoms with Gasteiger partial charge in [-0.05, 0) is 31.0 Å². The fraction of sp³-hybridized carbons (Fsp3) is 0.385. The summed E-state index contributed by atoms with van der Waals surface area (Å²) in [5, 5.41) is 11.2. The molecule has 90 valence electrons. The zero-order valence-corrected chi connectivity index (χ0v) is 10.4. The quantitative estimate of drug-likeness (QED) is 0.879. The van der Waals surface area contributed by atoms with Gasteiger partial charge in [0.25, 0.3) is 0 Å². The second kappa shape index (κ2) is 4.99. The number of hydrogen-bond acceptors (Lipinski definition) is 4. The molecule has 0 saturated carbocycles. The van der Waals surface area contributed by atoms with Crippen molar-refractivity contribution in [3.63, 3.8) is 0 Å². The predicted octanol–water partition coefficient (Wildman–Crippen LogP) is 2.86. The summed E-state index contributed by atoms with van der Waals surface area (Å²) in [6.45, 7) is 6.76. The first-order valence-corrected chi connectivity index (χ1v) is 5.82. The summed E-state index contributed by atoms with van der Waals surface area (Å²) in [5.74, 6) is 1.31. The van der Waals surface area contributed by atoms with E-state index < -0.39 is 0 Å². The van der Waals surface area contributed by atoms with Crippen LogP contribution in [0.5, 0.6) is 0 Å². The Morgan fingerprint density at radius 3 is 2.65 bits per heavy atom. The molecule has 0 aliphatic heterocycles. The van der Waals surface area contributed by atoms with Gasteiger partial charge >= 0.3 is 0 Å². The molecule has 0 aliphatic rings. The zero-order chi connectivity index (χ0) is 12.3. The lowest BCUT2D eigenvalue weighted by molar-refractivity contribution is 0.460. The first-order chi connectivity index (χ1) is 8.20. The van der Waals surface area contributed by atoms with Crippen molar-refractivity contribution >= 4 is 5.69 Å². The number of rotatable bonds is 4. The molecule has 17 heavy (non-hydrogen) atoms. The zero-order valence-electron chi connectivity index (χ0n) is 10.4. The number of nitrogens with zero attached hydrogens (tertiary/aromatic N) is 2. The van der Waals surface area contributed by atoms with Crippen LogP contribution in [0.1, 0.15) is 29.8 Å². The lowest BCUT2D eigenvalue weighted by Crippen LogP contribution is -2.02. The molecule has 0 fully saturated rings. The Hall–Kier alpha value is -1.84. The summed E-state index contributed by atoms with van der Waals surface area (Å²) < 4.78 is 5.44. The van der Waals surface area contributed by atoms with Gasteiger partial charge in [0.1, 0.15) is 0 Å². The first kappa shape index (κ1) is 11.6. The molecule has 4 heteroatoms. The van der Waals surface area contributed by atoms with Crippen molar-refractivity contribution in [1.82, 2.24) is 10.2 Å². The van der Waals surface area contributed by atoms with E-state index in [1.807, 2.05) is 13.0 Å². The summed E-state index contributed by atoms with van der Waals surface area (Å²) in [4.78, 5) is 0. The van der Waals surface area contributed by atoms with E-state index >= 15 is 0 Å². The molecule has 0 radical (unpaired) electrons. The van der Waals surface area contributed by atoms with E-state index in [4.69, 9.17) is 4.42 Å². The van der Waals surface area contributed by atoms with Gasteiger partial charge in [0, 0.05) is 12.1 Å². The summed E-state index contributed by atoms with van der Waals surface area (Å²) in [7, 11) is 0.